The van der Waals surface area contributed by atoms with Crippen molar-refractivity contribution in [1.29, 1.82) is 0 Å². The van der Waals surface area contributed by atoms with E-state index in [0.29, 0.717) is 0 Å². The summed E-state index contributed by atoms with van der Waals surface area (Å²) < 4.78 is 2.16. The number of para-hydroxylation sites is 1. The molecule has 0 amide bonds. The van der Waals surface area contributed by atoms with Crippen molar-refractivity contribution in [2.24, 2.45) is 7.05 Å². The molecule has 3 rings (SSSR count). The van der Waals surface area contributed by atoms with Crippen LogP contribution in [0.1, 0.15) is 23.5 Å². The van der Waals surface area contributed by atoms with Gasteiger partial charge in [-0.3, -0.25) is 0 Å². The Labute approximate surface area is 119 Å². The van der Waals surface area contributed by atoms with Crippen molar-refractivity contribution in [3.63, 3.8) is 0 Å². The third-order valence-electron chi connectivity index (χ3n) is 3.92. The largest absolute Gasteiger partial charge is 0.396 e. The van der Waals surface area contributed by atoms with Crippen molar-refractivity contribution in [3.05, 3.63) is 71.9 Å². The molecule has 0 bridgehead atoms. The first-order chi connectivity index (χ1) is 9.81. The third-order valence-corrected chi connectivity index (χ3v) is 3.92. The maximum Gasteiger partial charge on any atom is 0.0480 e. The highest BCUT2D eigenvalue weighted by molar-refractivity contribution is 5.84. The second-order valence-corrected chi connectivity index (χ2v) is 5.19. The molecule has 0 aliphatic carbocycles. The van der Waals surface area contributed by atoms with Crippen LogP contribution in [-0.4, -0.2) is 16.3 Å². The molecule has 2 aromatic carbocycles. The number of hydrogen-bond acceptors (Lipinski definition) is 1. The number of nitrogens with zero attached hydrogens (tertiary/aromatic N) is 1. The normalized spacial score (nSPS) is 12.7. The van der Waals surface area contributed by atoms with E-state index < -0.39 is 0 Å². The van der Waals surface area contributed by atoms with Gasteiger partial charge in [-0.05, 0) is 23.6 Å². The summed E-state index contributed by atoms with van der Waals surface area (Å²) in [5.74, 6) is 0.243. The molecule has 0 saturated carbocycles. The van der Waals surface area contributed by atoms with Gasteiger partial charge in [-0.2, -0.15) is 0 Å². The summed E-state index contributed by atoms with van der Waals surface area (Å²) in [5, 5.41) is 10.7. The van der Waals surface area contributed by atoms with Gasteiger partial charge in [0, 0.05) is 36.7 Å². The molecule has 0 saturated heterocycles. The Morgan fingerprint density at radius 1 is 1.00 bits per heavy atom. The van der Waals surface area contributed by atoms with E-state index in [1.165, 1.54) is 22.0 Å². The molecule has 102 valence electrons. The van der Waals surface area contributed by atoms with Gasteiger partial charge in [0.05, 0.1) is 0 Å². The zero-order chi connectivity index (χ0) is 13.9. The number of aromatic nitrogens is 1. The Hall–Kier alpha value is -2.06. The molecule has 1 aromatic heterocycles. The van der Waals surface area contributed by atoms with Crippen LogP contribution in [-0.2, 0) is 7.05 Å². The standard InChI is InChI=1S/C18H19NO/c1-19-13-17(16-9-5-6-10-18(16)19)15(11-12-20)14-7-3-2-4-8-14/h2-10,13,15,20H,11-12H2,1H3/t15-/m0/s1. The first-order valence-electron chi connectivity index (χ1n) is 7.01. The molecule has 0 radical (unpaired) electrons. The van der Waals surface area contributed by atoms with Crippen molar-refractivity contribution < 1.29 is 5.11 Å². The number of benzene rings is 2. The van der Waals surface area contributed by atoms with Crippen LogP contribution in [0.3, 0.4) is 0 Å². The van der Waals surface area contributed by atoms with E-state index in [1.54, 1.807) is 0 Å². The average molecular weight is 265 g/mol. The van der Waals surface area contributed by atoms with Gasteiger partial charge < -0.3 is 9.67 Å². The predicted octanol–water partition coefficient (Wildman–Crippen LogP) is 3.69. The van der Waals surface area contributed by atoms with Crippen molar-refractivity contribution in [2.75, 3.05) is 6.61 Å². The number of aryl methyl sites for hydroxylation is 1. The number of rotatable bonds is 4. The Kier molecular flexibility index (Phi) is 3.57. The maximum atomic E-state index is 9.43. The van der Waals surface area contributed by atoms with Crippen LogP contribution in [0.15, 0.2) is 60.8 Å². The topological polar surface area (TPSA) is 25.2 Å². The summed E-state index contributed by atoms with van der Waals surface area (Å²) in [7, 11) is 2.08. The molecule has 2 nitrogen and oxygen atoms in total. The van der Waals surface area contributed by atoms with Gasteiger partial charge in [-0.1, -0.05) is 48.5 Å². The first kappa shape index (κ1) is 12.9. The molecule has 1 atom stereocenters. The molecule has 1 heterocycles. The lowest BCUT2D eigenvalue weighted by Gasteiger charge is -2.16. The lowest BCUT2D eigenvalue weighted by atomic mass is 9.88. The number of aliphatic hydroxyl groups excluding tert-OH is 1. The van der Waals surface area contributed by atoms with Gasteiger partial charge in [0.2, 0.25) is 0 Å². The zero-order valence-electron chi connectivity index (χ0n) is 11.7. The fourth-order valence-corrected chi connectivity index (χ4v) is 2.97. The van der Waals surface area contributed by atoms with E-state index >= 15 is 0 Å². The summed E-state index contributed by atoms with van der Waals surface area (Å²) in [5.41, 5.74) is 3.79. The Morgan fingerprint density at radius 3 is 2.45 bits per heavy atom. The van der Waals surface area contributed by atoms with Gasteiger partial charge in [0.25, 0.3) is 0 Å². The molecule has 0 fully saturated rings. The average Bonchev–Trinajstić information content (AvgIpc) is 2.83. The highest BCUT2D eigenvalue weighted by Crippen LogP contribution is 2.33. The summed E-state index contributed by atoms with van der Waals surface area (Å²) in [6, 6.07) is 18.9. The molecule has 0 aliphatic rings. The van der Waals surface area contributed by atoms with E-state index in [2.05, 4.69) is 66.3 Å². The van der Waals surface area contributed by atoms with Crippen LogP contribution in [0, 0.1) is 0 Å². The molecule has 0 unspecified atom stereocenters. The van der Waals surface area contributed by atoms with E-state index in [4.69, 9.17) is 0 Å². The second-order valence-electron chi connectivity index (χ2n) is 5.19. The van der Waals surface area contributed by atoms with E-state index in [9.17, 15) is 5.11 Å². The van der Waals surface area contributed by atoms with Gasteiger partial charge in [0.15, 0.2) is 0 Å². The molecular weight excluding hydrogens is 246 g/mol. The highest BCUT2D eigenvalue weighted by atomic mass is 16.3. The molecule has 2 heteroatoms. The lowest BCUT2D eigenvalue weighted by molar-refractivity contribution is 0.282. The molecule has 0 spiro atoms. The van der Waals surface area contributed by atoms with Crippen LogP contribution in [0.5, 0.6) is 0 Å². The summed E-state index contributed by atoms with van der Waals surface area (Å²) in [6.07, 6.45) is 2.94. The third kappa shape index (κ3) is 2.23. The number of fused-ring (bicyclic) bond motifs is 1. The monoisotopic (exact) mass is 265 g/mol. The lowest BCUT2D eigenvalue weighted by Crippen LogP contribution is -2.03. The number of hydrogen-bond donors (Lipinski definition) is 1. The fourth-order valence-electron chi connectivity index (χ4n) is 2.97. The quantitative estimate of drug-likeness (QED) is 0.764. The highest BCUT2D eigenvalue weighted by Gasteiger charge is 2.18. The Morgan fingerprint density at radius 2 is 1.70 bits per heavy atom. The minimum absolute atomic E-state index is 0.197. The zero-order valence-corrected chi connectivity index (χ0v) is 11.7. The molecule has 3 aromatic rings. The SMILES string of the molecule is Cn1cc([C@@H](CCO)c2ccccc2)c2ccccc21. The molecule has 0 aliphatic heterocycles. The minimum Gasteiger partial charge on any atom is -0.396 e. The van der Waals surface area contributed by atoms with Crippen LogP contribution in [0.25, 0.3) is 10.9 Å². The van der Waals surface area contributed by atoms with Crippen LogP contribution in [0.2, 0.25) is 0 Å². The van der Waals surface area contributed by atoms with E-state index in [-0.39, 0.29) is 12.5 Å². The molecular formula is C18H19NO. The van der Waals surface area contributed by atoms with Crippen molar-refractivity contribution >= 4 is 10.9 Å². The van der Waals surface area contributed by atoms with Crippen molar-refractivity contribution in [3.8, 4) is 0 Å². The van der Waals surface area contributed by atoms with Crippen LogP contribution >= 0.6 is 0 Å². The maximum absolute atomic E-state index is 9.43. The smallest absolute Gasteiger partial charge is 0.0480 e. The molecule has 1 N–H and O–H groups in total. The van der Waals surface area contributed by atoms with Crippen LogP contribution in [0.4, 0.5) is 0 Å². The summed E-state index contributed by atoms with van der Waals surface area (Å²) in [4.78, 5) is 0. The van der Waals surface area contributed by atoms with E-state index in [0.717, 1.165) is 6.42 Å². The first-order valence-corrected chi connectivity index (χ1v) is 7.01. The number of aliphatic hydroxyl groups is 1. The second kappa shape index (κ2) is 5.51. The van der Waals surface area contributed by atoms with Crippen molar-refractivity contribution in [2.45, 2.75) is 12.3 Å². The minimum atomic E-state index is 0.197. The van der Waals surface area contributed by atoms with Gasteiger partial charge >= 0.3 is 0 Å². The van der Waals surface area contributed by atoms with Crippen LogP contribution < -0.4 is 0 Å². The van der Waals surface area contributed by atoms with E-state index in [1.807, 2.05) is 6.07 Å². The van der Waals surface area contributed by atoms with Crippen molar-refractivity contribution in [1.82, 2.24) is 4.57 Å². The van der Waals surface area contributed by atoms with Gasteiger partial charge in [-0.25, -0.2) is 0 Å². The Balaban J connectivity index is 2.15. The fraction of sp³-hybridized carbons (Fsp3) is 0.222. The summed E-state index contributed by atoms with van der Waals surface area (Å²) >= 11 is 0. The Bertz CT molecular complexity index is 700. The molecule has 20 heavy (non-hydrogen) atoms. The van der Waals surface area contributed by atoms with Gasteiger partial charge in [-0.15, -0.1) is 0 Å². The summed E-state index contributed by atoms with van der Waals surface area (Å²) in [6.45, 7) is 0.197. The predicted molar refractivity (Wildman–Crippen MR) is 82.9 cm³/mol. The van der Waals surface area contributed by atoms with Gasteiger partial charge in [0.1, 0.15) is 0 Å².